The zero-order valence-corrected chi connectivity index (χ0v) is 38.0. The van der Waals surface area contributed by atoms with Crippen LogP contribution in [-0.4, -0.2) is 73.5 Å². The minimum absolute atomic E-state index is 0.00997. The number of ketones is 1. The number of amides is 2. The van der Waals surface area contributed by atoms with Crippen molar-refractivity contribution in [1.29, 1.82) is 0 Å². The highest BCUT2D eigenvalue weighted by Gasteiger charge is 2.35. The zero-order valence-electron chi connectivity index (χ0n) is 36.4. The molecule has 0 aliphatic carbocycles. The average Bonchev–Trinajstić information content (AvgIpc) is 3.13. The summed E-state index contributed by atoms with van der Waals surface area (Å²) in [5.41, 5.74) is -0.325. The number of carbonyl (C=O) groups is 6. The largest absolute Gasteiger partial charge is 0.461 e. The summed E-state index contributed by atoms with van der Waals surface area (Å²) >= 11 is 6.07. The topological polar surface area (TPSA) is 188 Å². The Hall–Kier alpha value is -5.08. The van der Waals surface area contributed by atoms with Crippen molar-refractivity contribution in [3.8, 4) is 0 Å². The third kappa shape index (κ3) is 17.8. The van der Waals surface area contributed by atoms with Crippen LogP contribution >= 0.6 is 11.6 Å². The number of sulfone groups is 1. The van der Waals surface area contributed by atoms with Crippen molar-refractivity contribution < 1.29 is 51.4 Å². The molecule has 0 fully saturated rings. The fourth-order valence-electron chi connectivity index (χ4n) is 6.34. The van der Waals surface area contributed by atoms with Gasteiger partial charge in [0.05, 0.1) is 37.3 Å². The summed E-state index contributed by atoms with van der Waals surface area (Å²) in [6.07, 6.45) is 0.0772. The lowest BCUT2D eigenvalue weighted by atomic mass is 9.86. The van der Waals surface area contributed by atoms with Gasteiger partial charge in [0.15, 0.2) is 15.6 Å². The Morgan fingerprint density at radius 3 is 1.85 bits per heavy atom. The van der Waals surface area contributed by atoms with E-state index < -0.39 is 116 Å². The van der Waals surface area contributed by atoms with Gasteiger partial charge in [0.2, 0.25) is 11.8 Å². The van der Waals surface area contributed by atoms with Crippen LogP contribution in [0, 0.1) is 17.8 Å². The minimum atomic E-state index is -3.91. The number of fused-ring (bicyclic) bond motifs is 1. The highest BCUT2D eigenvalue weighted by molar-refractivity contribution is 7.96. The first-order chi connectivity index (χ1) is 28.3. The molecule has 2 amide bonds. The zero-order chi connectivity index (χ0) is 45.7. The molecule has 0 aliphatic heterocycles. The van der Waals surface area contributed by atoms with Gasteiger partial charge in [-0.25, -0.2) is 8.42 Å². The van der Waals surface area contributed by atoms with Crippen molar-refractivity contribution >= 4 is 67.7 Å². The monoisotopic (exact) mass is 882 g/mol. The first kappa shape index (κ1) is 50.3. The van der Waals surface area contributed by atoms with Gasteiger partial charge in [-0.05, 0) is 75.4 Å². The lowest BCUT2D eigenvalue weighted by molar-refractivity contribution is -0.159. The van der Waals surface area contributed by atoms with E-state index in [0.29, 0.717) is 5.56 Å². The van der Waals surface area contributed by atoms with Gasteiger partial charge in [0, 0.05) is 25.0 Å². The lowest BCUT2D eigenvalue weighted by Gasteiger charge is -2.27. The molecule has 0 radical (unpaired) electrons. The molecule has 0 unspecified atom stereocenters. The second-order valence-electron chi connectivity index (χ2n) is 17.4. The second kappa shape index (κ2) is 22.1. The van der Waals surface area contributed by atoms with Crippen LogP contribution in [0.1, 0.15) is 92.2 Å². The van der Waals surface area contributed by atoms with E-state index in [4.69, 9.17) is 25.8 Å². The molecule has 3 aromatic rings. The first-order valence-corrected chi connectivity index (χ1v) is 22.4. The minimum Gasteiger partial charge on any atom is -0.461 e. The molecule has 2 N–H and O–H groups in total. The lowest BCUT2D eigenvalue weighted by Crippen LogP contribution is -2.48. The van der Waals surface area contributed by atoms with E-state index in [1.165, 1.54) is 0 Å². The van der Waals surface area contributed by atoms with Crippen LogP contribution in [0.5, 0.6) is 0 Å². The van der Waals surface area contributed by atoms with Crippen molar-refractivity contribution in [2.24, 2.45) is 17.8 Å². The SMILES string of the molecule is CC(C)[C@H](CC(=O)[C@H](Cc1cccc2ccccc12)NC(=O)[C@@H](CC(=O)OCc1ccccc1)CC(=O)OC(C)(C)C)C(=O)N[C@H](/C=C(\Cl)S(C)(=O)=O)CC(=O)OC(C)(C)C. The molecule has 0 heterocycles. The van der Waals surface area contributed by atoms with E-state index in [0.717, 1.165) is 28.7 Å². The van der Waals surface area contributed by atoms with Crippen molar-refractivity contribution in [1.82, 2.24) is 10.6 Å². The maximum atomic E-state index is 14.5. The highest BCUT2D eigenvalue weighted by atomic mass is 35.5. The van der Waals surface area contributed by atoms with E-state index in [2.05, 4.69) is 10.6 Å². The van der Waals surface area contributed by atoms with Crippen molar-refractivity contribution in [2.75, 3.05) is 6.26 Å². The molecular formula is C46H59ClN2O11S. The van der Waals surface area contributed by atoms with E-state index >= 15 is 0 Å². The van der Waals surface area contributed by atoms with Crippen LogP contribution < -0.4 is 10.6 Å². The summed E-state index contributed by atoms with van der Waals surface area (Å²) in [6.45, 7) is 13.4. The van der Waals surface area contributed by atoms with E-state index in [-0.39, 0.29) is 13.0 Å². The van der Waals surface area contributed by atoms with Gasteiger partial charge in [-0.15, -0.1) is 0 Å². The van der Waals surface area contributed by atoms with Crippen LogP contribution in [0.4, 0.5) is 0 Å². The normalized spacial score (nSPS) is 14.3. The van der Waals surface area contributed by atoms with E-state index in [1.807, 2.05) is 48.5 Å². The summed E-state index contributed by atoms with van der Waals surface area (Å²) < 4.78 is 40.2. The Labute approximate surface area is 364 Å². The number of nitrogens with one attached hydrogen (secondary N) is 2. The van der Waals surface area contributed by atoms with Gasteiger partial charge in [-0.1, -0.05) is 98.2 Å². The number of carbonyl (C=O) groups excluding carboxylic acids is 6. The molecule has 4 atom stereocenters. The van der Waals surface area contributed by atoms with Crippen LogP contribution in [0.2, 0.25) is 0 Å². The molecule has 0 aromatic heterocycles. The number of rotatable bonds is 20. The predicted molar refractivity (Wildman–Crippen MR) is 234 cm³/mol. The number of halogens is 1. The highest BCUT2D eigenvalue weighted by Crippen LogP contribution is 2.25. The van der Waals surface area contributed by atoms with Gasteiger partial charge >= 0.3 is 17.9 Å². The average molecular weight is 884 g/mol. The van der Waals surface area contributed by atoms with Crippen LogP contribution in [0.25, 0.3) is 10.8 Å². The van der Waals surface area contributed by atoms with E-state index in [1.54, 1.807) is 79.7 Å². The summed E-state index contributed by atoms with van der Waals surface area (Å²) in [7, 11) is -3.91. The summed E-state index contributed by atoms with van der Waals surface area (Å²) in [5, 5.41) is 7.19. The molecule has 3 aromatic carbocycles. The smallest absolute Gasteiger partial charge is 0.308 e. The van der Waals surface area contributed by atoms with Crippen LogP contribution in [0.3, 0.4) is 0 Å². The summed E-state index contributed by atoms with van der Waals surface area (Å²) in [5.74, 6) is -6.97. The van der Waals surface area contributed by atoms with Crippen LogP contribution in [-0.2, 0) is 65.8 Å². The Bertz CT molecular complexity index is 2170. The number of ether oxygens (including phenoxy) is 3. The molecule has 61 heavy (non-hydrogen) atoms. The Morgan fingerprint density at radius 2 is 1.26 bits per heavy atom. The molecular weight excluding hydrogens is 824 g/mol. The molecule has 15 heteroatoms. The molecule has 332 valence electrons. The van der Waals surface area contributed by atoms with Gasteiger partial charge in [0.1, 0.15) is 22.2 Å². The second-order valence-corrected chi connectivity index (χ2v) is 20.0. The summed E-state index contributed by atoms with van der Waals surface area (Å²) in [4.78, 5) is 81.8. The maximum Gasteiger partial charge on any atom is 0.308 e. The number of Topliss-reactive ketones (excluding diaryl/α,β-unsaturated/α-hetero) is 1. The molecule has 0 aliphatic rings. The van der Waals surface area contributed by atoms with Crippen LogP contribution in [0.15, 0.2) is 83.2 Å². The number of esters is 3. The number of benzene rings is 3. The Kier molecular flexibility index (Phi) is 18.2. The Balaban J connectivity index is 1.98. The van der Waals surface area contributed by atoms with Crippen molar-refractivity contribution in [3.63, 3.8) is 0 Å². The van der Waals surface area contributed by atoms with Crippen molar-refractivity contribution in [3.05, 3.63) is 94.4 Å². The molecule has 0 bridgehead atoms. The summed E-state index contributed by atoms with van der Waals surface area (Å²) in [6, 6.07) is 19.5. The maximum absolute atomic E-state index is 14.5. The third-order valence-corrected chi connectivity index (χ3v) is 11.1. The molecule has 0 saturated carbocycles. The van der Waals surface area contributed by atoms with Gasteiger partial charge in [-0.2, -0.15) is 0 Å². The Morgan fingerprint density at radius 1 is 0.705 bits per heavy atom. The predicted octanol–water partition coefficient (Wildman–Crippen LogP) is 6.92. The fraction of sp³-hybridized carbons (Fsp3) is 0.478. The van der Waals surface area contributed by atoms with E-state index in [9.17, 15) is 37.2 Å². The quantitative estimate of drug-likeness (QED) is 0.0886. The number of hydrogen-bond acceptors (Lipinski definition) is 11. The first-order valence-electron chi connectivity index (χ1n) is 20.1. The van der Waals surface area contributed by atoms with Gasteiger partial charge < -0.3 is 24.8 Å². The fourth-order valence-corrected chi connectivity index (χ4v) is 6.91. The number of hydrogen-bond donors (Lipinski definition) is 2. The van der Waals surface area contributed by atoms with Gasteiger partial charge in [-0.3, -0.25) is 28.8 Å². The van der Waals surface area contributed by atoms with Crippen molar-refractivity contribution in [2.45, 2.75) is 117 Å². The molecule has 0 saturated heterocycles. The van der Waals surface area contributed by atoms with Gasteiger partial charge in [0.25, 0.3) is 0 Å². The molecule has 13 nitrogen and oxygen atoms in total. The standard InChI is InChI=1S/C46H59ClN2O11S/c1-29(2)36(44(55)48-34(25-39(47)61(9,56)57)26-42(53)60-46(6,7)8)27-38(50)37(22-32-20-15-19-31-18-13-14-21-35(31)32)49-43(54)33(24-41(52)59-45(3,4)5)23-40(51)58-28-30-16-11-10-12-17-30/h10-21,25,29,33-34,36-37H,22-24,26-28H2,1-9H3,(H,48,55)(H,49,54)/b39-25+/t33-,34+,36-,37-/m0/s1. The third-order valence-electron chi connectivity index (χ3n) is 9.25. The molecule has 3 rings (SSSR count). The molecule has 0 spiro atoms.